The maximum Gasteiger partial charge on any atom is 0.246 e. The van der Waals surface area contributed by atoms with Crippen molar-refractivity contribution in [3.63, 3.8) is 0 Å². The summed E-state index contributed by atoms with van der Waals surface area (Å²) in [4.78, 5) is 12.3. The SMILES string of the molecule is CCOc1ccc(NC(=O)CCn2nc(C)cc2C)cc1S(=O)(=O)N(C)C. The monoisotopic (exact) mass is 394 g/mol. The fraction of sp³-hybridized carbons (Fsp3) is 0.444. The maximum atomic E-state index is 12.5. The van der Waals surface area contributed by atoms with Crippen molar-refractivity contribution in [1.29, 1.82) is 0 Å². The number of sulfonamides is 1. The van der Waals surface area contributed by atoms with Crippen molar-refractivity contribution in [2.45, 2.75) is 38.6 Å². The highest BCUT2D eigenvalue weighted by molar-refractivity contribution is 7.89. The standard InChI is InChI=1S/C18H26N4O4S/c1-6-26-16-8-7-15(12-17(16)27(24,25)21(4)5)19-18(23)9-10-22-14(3)11-13(2)20-22/h7-8,11-12H,6,9-10H2,1-5H3,(H,19,23). The average molecular weight is 394 g/mol. The molecule has 1 heterocycles. The molecule has 148 valence electrons. The van der Waals surface area contributed by atoms with Gasteiger partial charge in [0.2, 0.25) is 15.9 Å². The molecule has 2 aromatic rings. The Morgan fingerprint density at radius 2 is 1.96 bits per heavy atom. The summed E-state index contributed by atoms with van der Waals surface area (Å²) in [5.41, 5.74) is 2.29. The van der Waals surface area contributed by atoms with Crippen LogP contribution in [0.4, 0.5) is 5.69 Å². The molecule has 0 saturated carbocycles. The van der Waals surface area contributed by atoms with Crippen molar-refractivity contribution in [3.05, 3.63) is 35.7 Å². The number of aromatic nitrogens is 2. The summed E-state index contributed by atoms with van der Waals surface area (Å²) in [7, 11) is -0.805. The summed E-state index contributed by atoms with van der Waals surface area (Å²) < 4.78 is 33.4. The molecule has 0 saturated heterocycles. The van der Waals surface area contributed by atoms with E-state index in [1.807, 2.05) is 19.9 Å². The Kier molecular flexibility index (Phi) is 6.61. The summed E-state index contributed by atoms with van der Waals surface area (Å²) in [6.45, 7) is 6.40. The first kappa shape index (κ1) is 20.9. The van der Waals surface area contributed by atoms with E-state index in [0.29, 0.717) is 18.8 Å². The highest BCUT2D eigenvalue weighted by Crippen LogP contribution is 2.29. The minimum Gasteiger partial charge on any atom is -0.492 e. The van der Waals surface area contributed by atoms with Gasteiger partial charge >= 0.3 is 0 Å². The van der Waals surface area contributed by atoms with E-state index in [9.17, 15) is 13.2 Å². The Hall–Kier alpha value is -2.39. The van der Waals surface area contributed by atoms with Gasteiger partial charge in [0.15, 0.2) is 0 Å². The Morgan fingerprint density at radius 3 is 2.52 bits per heavy atom. The number of nitrogens with one attached hydrogen (secondary N) is 1. The third kappa shape index (κ3) is 5.08. The topological polar surface area (TPSA) is 93.5 Å². The van der Waals surface area contributed by atoms with Crippen LogP contribution in [0.3, 0.4) is 0 Å². The molecule has 0 radical (unpaired) electrons. The highest BCUT2D eigenvalue weighted by Gasteiger charge is 2.23. The molecule has 0 aliphatic carbocycles. The molecular formula is C18H26N4O4S. The van der Waals surface area contributed by atoms with Gasteiger partial charge in [-0.15, -0.1) is 0 Å². The van der Waals surface area contributed by atoms with E-state index in [2.05, 4.69) is 10.4 Å². The van der Waals surface area contributed by atoms with Gasteiger partial charge in [0, 0.05) is 38.4 Å². The third-order valence-electron chi connectivity index (χ3n) is 3.94. The van der Waals surface area contributed by atoms with E-state index in [4.69, 9.17) is 4.74 Å². The van der Waals surface area contributed by atoms with Crippen LogP contribution in [0.25, 0.3) is 0 Å². The van der Waals surface area contributed by atoms with Crippen LogP contribution in [0.2, 0.25) is 0 Å². The minimum atomic E-state index is -3.70. The molecular weight excluding hydrogens is 368 g/mol. The van der Waals surface area contributed by atoms with Gasteiger partial charge in [0.1, 0.15) is 10.6 Å². The zero-order valence-corrected chi connectivity index (χ0v) is 17.1. The Labute approximate surface area is 160 Å². The number of carbonyl (C=O) groups is 1. The minimum absolute atomic E-state index is 0.0192. The first-order chi connectivity index (χ1) is 12.6. The Morgan fingerprint density at radius 1 is 1.26 bits per heavy atom. The van der Waals surface area contributed by atoms with E-state index in [1.165, 1.54) is 20.2 Å². The molecule has 1 aromatic carbocycles. The lowest BCUT2D eigenvalue weighted by atomic mass is 10.3. The number of hydrogen-bond acceptors (Lipinski definition) is 5. The second-order valence-corrected chi connectivity index (χ2v) is 8.45. The molecule has 0 atom stereocenters. The number of benzene rings is 1. The fourth-order valence-electron chi connectivity index (χ4n) is 2.59. The molecule has 9 heteroatoms. The van der Waals surface area contributed by atoms with Gasteiger partial charge < -0.3 is 10.1 Å². The van der Waals surface area contributed by atoms with Gasteiger partial charge in [0.05, 0.1) is 12.3 Å². The second kappa shape index (κ2) is 8.53. The summed E-state index contributed by atoms with van der Waals surface area (Å²) in [5, 5.41) is 7.06. The van der Waals surface area contributed by atoms with Crippen LogP contribution >= 0.6 is 0 Å². The van der Waals surface area contributed by atoms with Crippen LogP contribution in [0.1, 0.15) is 24.7 Å². The summed E-state index contributed by atoms with van der Waals surface area (Å²) in [6.07, 6.45) is 0.227. The first-order valence-electron chi connectivity index (χ1n) is 8.65. The van der Waals surface area contributed by atoms with Gasteiger partial charge in [-0.05, 0) is 45.0 Å². The van der Waals surface area contributed by atoms with E-state index < -0.39 is 10.0 Å². The molecule has 1 amide bonds. The number of nitrogens with zero attached hydrogens (tertiary/aromatic N) is 3. The van der Waals surface area contributed by atoms with Crippen molar-refractivity contribution >= 4 is 21.6 Å². The molecule has 2 rings (SSSR count). The lowest BCUT2D eigenvalue weighted by Gasteiger charge is -2.16. The van der Waals surface area contributed by atoms with E-state index in [1.54, 1.807) is 23.7 Å². The van der Waals surface area contributed by atoms with Gasteiger partial charge in [-0.3, -0.25) is 9.48 Å². The largest absolute Gasteiger partial charge is 0.492 e. The van der Waals surface area contributed by atoms with Crippen LogP contribution in [-0.2, 0) is 21.4 Å². The quantitative estimate of drug-likeness (QED) is 0.741. The lowest BCUT2D eigenvalue weighted by Crippen LogP contribution is -2.23. The molecule has 1 N–H and O–H groups in total. The van der Waals surface area contributed by atoms with Crippen molar-refractivity contribution in [3.8, 4) is 5.75 Å². The van der Waals surface area contributed by atoms with Crippen LogP contribution in [0.15, 0.2) is 29.2 Å². The third-order valence-corrected chi connectivity index (χ3v) is 5.78. The van der Waals surface area contributed by atoms with Gasteiger partial charge in [0.25, 0.3) is 0 Å². The van der Waals surface area contributed by atoms with Crippen LogP contribution < -0.4 is 10.1 Å². The van der Waals surface area contributed by atoms with Crippen LogP contribution in [0.5, 0.6) is 5.75 Å². The number of hydrogen-bond donors (Lipinski definition) is 1. The average Bonchev–Trinajstić information content (AvgIpc) is 2.91. The zero-order chi connectivity index (χ0) is 20.2. The highest BCUT2D eigenvalue weighted by atomic mass is 32.2. The molecule has 1 aromatic heterocycles. The lowest BCUT2D eigenvalue weighted by molar-refractivity contribution is -0.116. The van der Waals surface area contributed by atoms with Crippen molar-refractivity contribution in [1.82, 2.24) is 14.1 Å². The second-order valence-electron chi connectivity index (χ2n) is 6.33. The summed E-state index contributed by atoms with van der Waals surface area (Å²) in [5.74, 6) is 0.0340. The molecule has 0 unspecified atom stereocenters. The predicted molar refractivity (Wildman–Crippen MR) is 103 cm³/mol. The summed E-state index contributed by atoms with van der Waals surface area (Å²) >= 11 is 0. The van der Waals surface area contributed by atoms with Crippen molar-refractivity contribution in [2.75, 3.05) is 26.0 Å². The maximum absolute atomic E-state index is 12.5. The Bertz CT molecular complexity index is 919. The van der Waals surface area contributed by atoms with Crippen LogP contribution in [-0.4, -0.2) is 49.1 Å². The molecule has 0 aliphatic heterocycles. The molecule has 0 spiro atoms. The van der Waals surface area contributed by atoms with Gasteiger partial charge in [-0.25, -0.2) is 12.7 Å². The molecule has 8 nitrogen and oxygen atoms in total. The number of carbonyl (C=O) groups excluding carboxylic acids is 1. The van der Waals surface area contributed by atoms with Crippen LogP contribution in [0, 0.1) is 13.8 Å². The number of aryl methyl sites for hydroxylation is 3. The van der Waals surface area contributed by atoms with E-state index in [0.717, 1.165) is 15.7 Å². The Balaban J connectivity index is 2.16. The van der Waals surface area contributed by atoms with Crippen molar-refractivity contribution < 1.29 is 17.9 Å². The summed E-state index contributed by atoms with van der Waals surface area (Å²) in [6, 6.07) is 6.54. The van der Waals surface area contributed by atoms with Gasteiger partial charge in [-0.2, -0.15) is 5.10 Å². The molecule has 0 aliphatic rings. The normalized spacial score (nSPS) is 11.6. The first-order valence-corrected chi connectivity index (χ1v) is 10.1. The fourth-order valence-corrected chi connectivity index (χ4v) is 3.64. The molecule has 0 bridgehead atoms. The number of rotatable bonds is 8. The predicted octanol–water partition coefficient (Wildman–Crippen LogP) is 2.18. The van der Waals surface area contributed by atoms with E-state index >= 15 is 0 Å². The number of ether oxygens (including phenoxy) is 1. The van der Waals surface area contributed by atoms with Crippen molar-refractivity contribution in [2.24, 2.45) is 0 Å². The number of amides is 1. The number of anilines is 1. The smallest absolute Gasteiger partial charge is 0.246 e. The zero-order valence-electron chi connectivity index (χ0n) is 16.3. The molecule has 0 fully saturated rings. The molecule has 27 heavy (non-hydrogen) atoms. The van der Waals surface area contributed by atoms with Gasteiger partial charge in [-0.1, -0.05) is 0 Å². The van der Waals surface area contributed by atoms with E-state index in [-0.39, 0.29) is 23.0 Å².